The van der Waals surface area contributed by atoms with E-state index in [2.05, 4.69) is 13.8 Å². The number of pyridine rings is 1. The molecule has 0 spiro atoms. The summed E-state index contributed by atoms with van der Waals surface area (Å²) in [4.78, 5) is 25.9. The Balaban J connectivity index is 2.16. The summed E-state index contributed by atoms with van der Waals surface area (Å²) in [7, 11) is 1.64. The van der Waals surface area contributed by atoms with Crippen molar-refractivity contribution in [2.75, 3.05) is 13.1 Å². The second-order valence-electron chi connectivity index (χ2n) is 7.05. The fraction of sp³-hybridized carbons (Fsp3) is 0.647. The lowest BCUT2D eigenvalue weighted by molar-refractivity contribution is -0.0577. The van der Waals surface area contributed by atoms with Crippen LogP contribution in [0.4, 0.5) is 0 Å². The van der Waals surface area contributed by atoms with Crippen LogP contribution in [0.1, 0.15) is 44.0 Å². The van der Waals surface area contributed by atoms with Gasteiger partial charge < -0.3 is 14.6 Å². The molecule has 1 aliphatic heterocycles. The maximum Gasteiger partial charge on any atom is 0.255 e. The molecule has 0 aliphatic carbocycles. The van der Waals surface area contributed by atoms with Crippen molar-refractivity contribution in [1.29, 1.82) is 0 Å². The maximum atomic E-state index is 12.6. The van der Waals surface area contributed by atoms with E-state index in [4.69, 9.17) is 0 Å². The standard InChI is InChI=1S/C17H26N2O3/c1-12(2)9-14-11-19(8-7-17(14,3)22)16(21)13-5-6-15(20)18(4)10-13/h5-6,10,12,14,22H,7-9,11H2,1-4H3/t14-,17+/m1/s1. The Hall–Kier alpha value is -1.62. The highest BCUT2D eigenvalue weighted by Gasteiger charge is 2.39. The molecule has 5 nitrogen and oxygen atoms in total. The van der Waals surface area contributed by atoms with Crippen molar-refractivity contribution in [3.8, 4) is 0 Å². The molecule has 122 valence electrons. The van der Waals surface area contributed by atoms with Crippen molar-refractivity contribution in [2.24, 2.45) is 18.9 Å². The van der Waals surface area contributed by atoms with Crippen molar-refractivity contribution in [2.45, 2.75) is 39.2 Å². The van der Waals surface area contributed by atoms with Crippen LogP contribution in [0.15, 0.2) is 23.1 Å². The van der Waals surface area contributed by atoms with Gasteiger partial charge >= 0.3 is 0 Å². The molecule has 0 bridgehead atoms. The molecule has 0 radical (unpaired) electrons. The minimum absolute atomic E-state index is 0.0696. The number of aryl methyl sites for hydroxylation is 1. The van der Waals surface area contributed by atoms with E-state index in [0.717, 1.165) is 6.42 Å². The summed E-state index contributed by atoms with van der Waals surface area (Å²) in [5, 5.41) is 10.6. The molecule has 0 unspecified atom stereocenters. The summed E-state index contributed by atoms with van der Waals surface area (Å²) >= 11 is 0. The number of aromatic nitrogens is 1. The van der Waals surface area contributed by atoms with Crippen LogP contribution in [0.5, 0.6) is 0 Å². The zero-order valence-electron chi connectivity index (χ0n) is 13.9. The second kappa shape index (κ2) is 6.24. The summed E-state index contributed by atoms with van der Waals surface area (Å²) in [6.07, 6.45) is 3.06. The highest BCUT2D eigenvalue weighted by molar-refractivity contribution is 5.94. The lowest BCUT2D eigenvalue weighted by Gasteiger charge is -2.43. The van der Waals surface area contributed by atoms with Gasteiger partial charge in [0, 0.05) is 38.3 Å². The minimum atomic E-state index is -0.718. The SMILES string of the molecule is CC(C)C[C@@H]1CN(C(=O)c2ccc(=O)n(C)c2)CC[C@]1(C)O. The number of likely N-dealkylation sites (tertiary alicyclic amines) is 1. The minimum Gasteiger partial charge on any atom is -0.390 e. The van der Waals surface area contributed by atoms with Crippen LogP contribution in [0.2, 0.25) is 0 Å². The average Bonchev–Trinajstić information content (AvgIpc) is 2.43. The first-order chi connectivity index (χ1) is 10.2. The molecule has 5 heteroatoms. The van der Waals surface area contributed by atoms with Gasteiger partial charge in [-0.25, -0.2) is 0 Å². The fourth-order valence-corrected chi connectivity index (χ4v) is 3.10. The van der Waals surface area contributed by atoms with Crippen LogP contribution < -0.4 is 5.56 Å². The molecule has 0 saturated carbocycles. The number of aliphatic hydroxyl groups is 1. The number of hydrogen-bond donors (Lipinski definition) is 1. The van der Waals surface area contributed by atoms with Gasteiger partial charge in [0.15, 0.2) is 0 Å². The predicted molar refractivity (Wildman–Crippen MR) is 85.8 cm³/mol. The van der Waals surface area contributed by atoms with Crippen LogP contribution in [-0.2, 0) is 7.05 Å². The van der Waals surface area contributed by atoms with Crippen molar-refractivity contribution < 1.29 is 9.90 Å². The Bertz CT molecular complexity index is 604. The largest absolute Gasteiger partial charge is 0.390 e. The lowest BCUT2D eigenvalue weighted by atomic mass is 9.78. The van der Waals surface area contributed by atoms with Gasteiger partial charge in [-0.15, -0.1) is 0 Å². The van der Waals surface area contributed by atoms with Crippen LogP contribution >= 0.6 is 0 Å². The molecule has 2 atom stereocenters. The van der Waals surface area contributed by atoms with Gasteiger partial charge in [-0.1, -0.05) is 13.8 Å². The monoisotopic (exact) mass is 306 g/mol. The Morgan fingerprint density at radius 3 is 2.73 bits per heavy atom. The lowest BCUT2D eigenvalue weighted by Crippen LogP contribution is -2.52. The zero-order chi connectivity index (χ0) is 16.5. The average molecular weight is 306 g/mol. The highest BCUT2D eigenvalue weighted by Crippen LogP contribution is 2.32. The fourth-order valence-electron chi connectivity index (χ4n) is 3.10. The molecular weight excluding hydrogens is 280 g/mol. The van der Waals surface area contributed by atoms with Crippen molar-refractivity contribution in [3.63, 3.8) is 0 Å². The van der Waals surface area contributed by atoms with E-state index in [1.54, 1.807) is 24.2 Å². The van der Waals surface area contributed by atoms with Crippen molar-refractivity contribution in [3.05, 3.63) is 34.2 Å². The van der Waals surface area contributed by atoms with E-state index < -0.39 is 5.60 Å². The first-order valence-electron chi connectivity index (χ1n) is 7.89. The van der Waals surface area contributed by atoms with E-state index in [1.165, 1.54) is 10.6 Å². The number of rotatable bonds is 3. The summed E-state index contributed by atoms with van der Waals surface area (Å²) in [5.41, 5.74) is -0.326. The number of amides is 1. The normalized spacial score (nSPS) is 25.5. The summed E-state index contributed by atoms with van der Waals surface area (Å²) < 4.78 is 1.42. The van der Waals surface area contributed by atoms with Crippen LogP contribution in [0, 0.1) is 11.8 Å². The molecule has 0 aromatic carbocycles. The Labute approximate surface area is 131 Å². The van der Waals surface area contributed by atoms with Crippen LogP contribution in [0.3, 0.4) is 0 Å². The van der Waals surface area contributed by atoms with Gasteiger partial charge in [0.25, 0.3) is 5.91 Å². The Kier molecular flexibility index (Phi) is 4.75. The maximum absolute atomic E-state index is 12.6. The molecule has 1 fully saturated rings. The van der Waals surface area contributed by atoms with Gasteiger partial charge in [-0.2, -0.15) is 0 Å². The van der Waals surface area contributed by atoms with E-state index >= 15 is 0 Å². The predicted octanol–water partition coefficient (Wildman–Crippen LogP) is 1.64. The molecule has 1 aromatic heterocycles. The quantitative estimate of drug-likeness (QED) is 0.923. The Morgan fingerprint density at radius 2 is 2.14 bits per heavy atom. The number of nitrogens with zero attached hydrogens (tertiary/aromatic N) is 2. The van der Waals surface area contributed by atoms with E-state index in [1.807, 2.05) is 6.92 Å². The van der Waals surface area contributed by atoms with E-state index in [0.29, 0.717) is 31.0 Å². The first-order valence-corrected chi connectivity index (χ1v) is 7.89. The van der Waals surface area contributed by atoms with Gasteiger partial charge in [0.2, 0.25) is 5.56 Å². The summed E-state index contributed by atoms with van der Waals surface area (Å²) in [6.45, 7) is 7.23. The van der Waals surface area contributed by atoms with E-state index in [9.17, 15) is 14.7 Å². The zero-order valence-corrected chi connectivity index (χ0v) is 13.9. The van der Waals surface area contributed by atoms with Gasteiger partial charge in [-0.05, 0) is 31.7 Å². The molecule has 2 rings (SSSR count). The van der Waals surface area contributed by atoms with Crippen molar-refractivity contribution in [1.82, 2.24) is 9.47 Å². The third-order valence-corrected chi connectivity index (χ3v) is 4.58. The number of piperidine rings is 1. The third kappa shape index (κ3) is 3.58. The molecule has 1 aliphatic rings. The highest BCUT2D eigenvalue weighted by atomic mass is 16.3. The number of hydrogen-bond acceptors (Lipinski definition) is 3. The number of carbonyl (C=O) groups is 1. The molecule has 1 saturated heterocycles. The molecule has 2 heterocycles. The van der Waals surface area contributed by atoms with Crippen molar-refractivity contribution >= 4 is 5.91 Å². The smallest absolute Gasteiger partial charge is 0.255 e. The summed E-state index contributed by atoms with van der Waals surface area (Å²) in [5.74, 6) is 0.488. The molecule has 1 amide bonds. The topological polar surface area (TPSA) is 62.5 Å². The summed E-state index contributed by atoms with van der Waals surface area (Å²) in [6, 6.07) is 2.99. The molecular formula is C17H26N2O3. The molecule has 1 aromatic rings. The third-order valence-electron chi connectivity index (χ3n) is 4.58. The molecule has 22 heavy (non-hydrogen) atoms. The van der Waals surface area contributed by atoms with Gasteiger partial charge in [-0.3, -0.25) is 9.59 Å². The molecule has 1 N–H and O–H groups in total. The second-order valence-corrected chi connectivity index (χ2v) is 7.05. The Morgan fingerprint density at radius 1 is 1.45 bits per heavy atom. The first kappa shape index (κ1) is 16.7. The van der Waals surface area contributed by atoms with Crippen LogP contribution in [0.25, 0.3) is 0 Å². The van der Waals surface area contributed by atoms with E-state index in [-0.39, 0.29) is 17.4 Å². The van der Waals surface area contributed by atoms with Crippen LogP contribution in [-0.4, -0.2) is 39.2 Å². The van der Waals surface area contributed by atoms with Gasteiger partial charge in [0.1, 0.15) is 0 Å². The van der Waals surface area contributed by atoms with Gasteiger partial charge in [0.05, 0.1) is 11.2 Å². The number of carbonyl (C=O) groups excluding carboxylic acids is 1.